The molecule has 10 nitrogen and oxygen atoms in total. The summed E-state index contributed by atoms with van der Waals surface area (Å²) >= 11 is 5.94. The van der Waals surface area contributed by atoms with Crippen LogP contribution in [-0.2, 0) is 20.4 Å². The SMILES string of the molecule is O=C(COc1ccccc1Cl)NCCNC(=O)c1nc(CS(=O)(=O)c2ccccc2)no1. The first-order chi connectivity index (χ1) is 15.3. The van der Waals surface area contributed by atoms with Crippen LogP contribution in [0.1, 0.15) is 16.5 Å². The lowest BCUT2D eigenvalue weighted by atomic mass is 10.3. The quantitative estimate of drug-likeness (QED) is 0.419. The maximum atomic E-state index is 12.3. The minimum absolute atomic E-state index is 0.0801. The van der Waals surface area contributed by atoms with Crippen LogP contribution in [-0.4, -0.2) is 50.1 Å². The highest BCUT2D eigenvalue weighted by atomic mass is 35.5. The average molecular weight is 479 g/mol. The molecule has 0 saturated heterocycles. The fraction of sp³-hybridized carbons (Fsp3) is 0.200. The van der Waals surface area contributed by atoms with E-state index in [-0.39, 0.29) is 36.3 Å². The highest BCUT2D eigenvalue weighted by Gasteiger charge is 2.21. The Kier molecular flexibility index (Phi) is 7.79. The number of sulfone groups is 1. The second-order valence-corrected chi connectivity index (χ2v) is 8.81. The molecule has 2 aromatic carbocycles. The molecular weight excluding hydrogens is 460 g/mol. The summed E-state index contributed by atoms with van der Waals surface area (Å²) in [5.41, 5.74) is 0. The summed E-state index contributed by atoms with van der Waals surface area (Å²) in [7, 11) is -3.67. The average Bonchev–Trinajstić information content (AvgIpc) is 3.24. The minimum Gasteiger partial charge on any atom is -0.482 e. The molecular formula is C20H19ClN4O6S. The van der Waals surface area contributed by atoms with Crippen molar-refractivity contribution in [3.63, 3.8) is 0 Å². The van der Waals surface area contributed by atoms with Gasteiger partial charge in [-0.15, -0.1) is 0 Å². The van der Waals surface area contributed by atoms with E-state index in [0.29, 0.717) is 10.8 Å². The van der Waals surface area contributed by atoms with Crippen molar-refractivity contribution in [3.8, 4) is 5.75 Å². The number of aromatic nitrogens is 2. The third-order valence-electron chi connectivity index (χ3n) is 4.01. The molecule has 0 aliphatic rings. The van der Waals surface area contributed by atoms with Crippen LogP contribution >= 0.6 is 11.6 Å². The molecule has 12 heteroatoms. The smallest absolute Gasteiger partial charge is 0.315 e. The molecule has 2 amide bonds. The Hall–Kier alpha value is -3.44. The van der Waals surface area contributed by atoms with Gasteiger partial charge in [0.05, 0.1) is 9.92 Å². The van der Waals surface area contributed by atoms with Gasteiger partial charge < -0.3 is 19.9 Å². The van der Waals surface area contributed by atoms with E-state index < -0.39 is 27.4 Å². The summed E-state index contributed by atoms with van der Waals surface area (Å²) in [6, 6.07) is 14.6. The van der Waals surface area contributed by atoms with Gasteiger partial charge in [-0.2, -0.15) is 4.98 Å². The minimum atomic E-state index is -3.67. The van der Waals surface area contributed by atoms with Crippen LogP contribution in [0.5, 0.6) is 5.75 Å². The molecule has 0 atom stereocenters. The van der Waals surface area contributed by atoms with Crippen LogP contribution in [0.15, 0.2) is 64.0 Å². The number of amides is 2. The standard InChI is InChI=1S/C20H19ClN4O6S/c21-15-8-4-5-9-16(15)30-12-18(26)22-10-11-23-19(27)20-24-17(25-31-20)13-32(28,29)14-6-2-1-3-7-14/h1-9H,10-13H2,(H,22,26)(H,23,27). The number of para-hydroxylation sites is 1. The predicted octanol–water partition coefficient (Wildman–Crippen LogP) is 1.62. The molecule has 1 aromatic heterocycles. The Morgan fingerprint density at radius 1 is 1.00 bits per heavy atom. The third-order valence-corrected chi connectivity index (χ3v) is 5.95. The molecule has 1 heterocycles. The third kappa shape index (κ3) is 6.53. The molecule has 0 aliphatic heterocycles. The van der Waals surface area contributed by atoms with Gasteiger partial charge in [0.1, 0.15) is 11.5 Å². The van der Waals surface area contributed by atoms with Gasteiger partial charge in [-0.25, -0.2) is 8.42 Å². The number of carbonyl (C=O) groups is 2. The van der Waals surface area contributed by atoms with Crippen LogP contribution in [0.25, 0.3) is 0 Å². The number of halogens is 1. The number of carbonyl (C=O) groups excluding carboxylic acids is 2. The Morgan fingerprint density at radius 3 is 2.44 bits per heavy atom. The summed E-state index contributed by atoms with van der Waals surface area (Å²) in [4.78, 5) is 27.8. The van der Waals surface area contributed by atoms with Gasteiger partial charge in [-0.05, 0) is 24.3 Å². The van der Waals surface area contributed by atoms with Crippen LogP contribution in [0.4, 0.5) is 0 Å². The van der Waals surface area contributed by atoms with Crippen LogP contribution < -0.4 is 15.4 Å². The molecule has 0 spiro atoms. The molecule has 2 N–H and O–H groups in total. The lowest BCUT2D eigenvalue weighted by Crippen LogP contribution is -2.36. The van der Waals surface area contributed by atoms with Crippen molar-refractivity contribution in [2.45, 2.75) is 10.6 Å². The molecule has 3 rings (SSSR count). The summed E-state index contributed by atoms with van der Waals surface area (Å²) in [6.45, 7) is -0.0306. The van der Waals surface area contributed by atoms with Gasteiger partial charge in [0.2, 0.25) is 0 Å². The topological polar surface area (TPSA) is 140 Å². The van der Waals surface area contributed by atoms with Gasteiger partial charge in [-0.3, -0.25) is 9.59 Å². The zero-order valence-corrected chi connectivity index (χ0v) is 18.2. The summed E-state index contributed by atoms with van der Waals surface area (Å²) in [5, 5.41) is 8.98. The van der Waals surface area contributed by atoms with Gasteiger partial charge in [-0.1, -0.05) is 47.1 Å². The van der Waals surface area contributed by atoms with E-state index in [0.717, 1.165) is 0 Å². The molecule has 0 saturated carbocycles. The van der Waals surface area contributed by atoms with Crippen LogP contribution in [0.2, 0.25) is 5.02 Å². The monoisotopic (exact) mass is 478 g/mol. The van der Waals surface area contributed by atoms with E-state index in [1.165, 1.54) is 12.1 Å². The molecule has 3 aromatic rings. The molecule has 0 radical (unpaired) electrons. The molecule has 0 aliphatic carbocycles. The van der Waals surface area contributed by atoms with Crippen molar-refractivity contribution in [3.05, 3.63) is 71.3 Å². The predicted molar refractivity (Wildman–Crippen MR) is 114 cm³/mol. The molecule has 0 unspecified atom stereocenters. The second-order valence-electron chi connectivity index (χ2n) is 6.41. The van der Waals surface area contributed by atoms with Crippen molar-refractivity contribution >= 4 is 33.3 Å². The van der Waals surface area contributed by atoms with Crippen molar-refractivity contribution in [2.75, 3.05) is 19.7 Å². The van der Waals surface area contributed by atoms with E-state index >= 15 is 0 Å². The Balaban J connectivity index is 1.41. The van der Waals surface area contributed by atoms with Crippen molar-refractivity contribution in [1.29, 1.82) is 0 Å². The molecule has 0 fully saturated rings. The van der Waals surface area contributed by atoms with Crippen molar-refractivity contribution in [2.24, 2.45) is 0 Å². The van der Waals surface area contributed by atoms with Gasteiger partial charge in [0, 0.05) is 13.1 Å². The number of rotatable bonds is 10. The largest absolute Gasteiger partial charge is 0.482 e. The lowest BCUT2D eigenvalue weighted by molar-refractivity contribution is -0.123. The van der Waals surface area contributed by atoms with Crippen LogP contribution in [0.3, 0.4) is 0 Å². The first kappa shape index (κ1) is 23.2. The summed E-state index contributed by atoms with van der Waals surface area (Å²) in [5.74, 6) is -1.72. The number of ether oxygens (including phenoxy) is 1. The van der Waals surface area contributed by atoms with E-state index in [1.54, 1.807) is 42.5 Å². The molecule has 32 heavy (non-hydrogen) atoms. The zero-order chi connectivity index (χ0) is 23.0. The fourth-order valence-corrected chi connectivity index (χ4v) is 3.88. The first-order valence-corrected chi connectivity index (χ1v) is 11.4. The molecule has 0 bridgehead atoms. The van der Waals surface area contributed by atoms with E-state index in [1.807, 2.05) is 0 Å². The maximum absolute atomic E-state index is 12.3. The van der Waals surface area contributed by atoms with Gasteiger partial charge in [0.15, 0.2) is 22.3 Å². The van der Waals surface area contributed by atoms with E-state index in [2.05, 4.69) is 20.8 Å². The Labute approximate surface area is 188 Å². The van der Waals surface area contributed by atoms with Crippen molar-refractivity contribution < 1.29 is 27.3 Å². The number of nitrogens with zero attached hydrogens (tertiary/aromatic N) is 2. The number of nitrogens with one attached hydrogen (secondary N) is 2. The molecule has 168 valence electrons. The Bertz CT molecular complexity index is 1180. The number of benzene rings is 2. The number of hydrogen-bond donors (Lipinski definition) is 2. The number of hydrogen-bond acceptors (Lipinski definition) is 8. The maximum Gasteiger partial charge on any atom is 0.315 e. The van der Waals surface area contributed by atoms with Gasteiger partial charge >= 0.3 is 11.8 Å². The fourth-order valence-electron chi connectivity index (χ4n) is 2.50. The van der Waals surface area contributed by atoms with Crippen LogP contribution in [0, 0.1) is 0 Å². The zero-order valence-electron chi connectivity index (χ0n) is 16.7. The Morgan fingerprint density at radius 2 is 1.69 bits per heavy atom. The summed E-state index contributed by atoms with van der Waals surface area (Å²) in [6.07, 6.45) is 0. The highest BCUT2D eigenvalue weighted by Crippen LogP contribution is 2.22. The normalized spacial score (nSPS) is 11.0. The van der Waals surface area contributed by atoms with Gasteiger partial charge in [0.25, 0.3) is 5.91 Å². The summed E-state index contributed by atoms with van der Waals surface area (Å²) < 4.78 is 34.8. The van der Waals surface area contributed by atoms with Crippen molar-refractivity contribution in [1.82, 2.24) is 20.8 Å². The second kappa shape index (κ2) is 10.7. The highest BCUT2D eigenvalue weighted by molar-refractivity contribution is 7.90. The van der Waals surface area contributed by atoms with E-state index in [4.69, 9.17) is 20.9 Å². The lowest BCUT2D eigenvalue weighted by Gasteiger charge is -2.08. The first-order valence-electron chi connectivity index (χ1n) is 9.38. The van der Waals surface area contributed by atoms with E-state index in [9.17, 15) is 18.0 Å².